The molecule has 0 aliphatic heterocycles. The van der Waals surface area contributed by atoms with Gasteiger partial charge in [0.25, 0.3) is 0 Å². The first kappa shape index (κ1) is 18.4. The maximum Gasteiger partial charge on any atom is 0.314 e. The minimum Gasteiger partial charge on any atom is -0.508 e. The molecule has 128 valence electrons. The number of hydrogen-bond donors (Lipinski definition) is 1. The quantitative estimate of drug-likeness (QED) is 0.335. The van der Waals surface area contributed by atoms with Crippen molar-refractivity contribution in [2.45, 2.75) is 25.3 Å². The first-order valence-corrected chi connectivity index (χ1v) is 8.67. The molecular weight excluding hydrogens is 324 g/mol. The number of carbonyl (C=O) groups excluding carboxylic acids is 1. The van der Waals surface area contributed by atoms with E-state index in [1.165, 1.54) is 0 Å². The molecule has 0 spiro atoms. The van der Waals surface area contributed by atoms with Crippen LogP contribution < -0.4 is 0 Å². The van der Waals surface area contributed by atoms with Crippen LogP contribution >= 0.6 is 11.8 Å². The molecule has 1 N–H and O–H groups in total. The lowest BCUT2D eigenvalue weighted by atomic mass is 9.97. The van der Waals surface area contributed by atoms with Crippen LogP contribution in [0.4, 0.5) is 0 Å². The van der Waals surface area contributed by atoms with Crippen molar-refractivity contribution in [3.63, 3.8) is 0 Å². The standard InChI is InChI=1S/C19H22O4S/c1-19(2,13-24-17-10-8-16(20)9-11-17)18(21)23-14-22-12-15-6-4-3-5-7-15/h3-11,20H,12-14H2,1-2H3. The molecule has 0 aliphatic rings. The van der Waals surface area contributed by atoms with Gasteiger partial charge in [0.2, 0.25) is 0 Å². The van der Waals surface area contributed by atoms with Gasteiger partial charge in [-0.3, -0.25) is 4.79 Å². The number of benzene rings is 2. The van der Waals surface area contributed by atoms with Gasteiger partial charge in [0.15, 0.2) is 6.79 Å². The maximum absolute atomic E-state index is 12.2. The van der Waals surface area contributed by atoms with Crippen molar-refractivity contribution < 1.29 is 19.4 Å². The van der Waals surface area contributed by atoms with E-state index >= 15 is 0 Å². The van der Waals surface area contributed by atoms with Crippen molar-refractivity contribution in [2.24, 2.45) is 5.41 Å². The molecule has 0 aliphatic carbocycles. The van der Waals surface area contributed by atoms with Gasteiger partial charge in [0, 0.05) is 10.6 Å². The molecular formula is C19H22O4S. The molecule has 4 nitrogen and oxygen atoms in total. The first-order valence-electron chi connectivity index (χ1n) is 7.68. The molecule has 0 heterocycles. The first-order chi connectivity index (χ1) is 11.5. The number of rotatable bonds is 8. The molecule has 0 fully saturated rings. The van der Waals surface area contributed by atoms with E-state index in [1.54, 1.807) is 23.9 Å². The molecule has 5 heteroatoms. The summed E-state index contributed by atoms with van der Waals surface area (Å²) in [5.41, 5.74) is 0.411. The second-order valence-corrected chi connectivity index (χ2v) is 7.10. The fourth-order valence-electron chi connectivity index (χ4n) is 1.89. The summed E-state index contributed by atoms with van der Waals surface area (Å²) in [6.45, 7) is 4.05. The molecule has 0 radical (unpaired) electrons. The molecule has 0 amide bonds. The maximum atomic E-state index is 12.2. The summed E-state index contributed by atoms with van der Waals surface area (Å²) >= 11 is 1.55. The Kier molecular flexibility index (Phi) is 6.70. The van der Waals surface area contributed by atoms with Gasteiger partial charge in [0.05, 0.1) is 12.0 Å². The van der Waals surface area contributed by atoms with E-state index in [-0.39, 0.29) is 18.5 Å². The van der Waals surface area contributed by atoms with E-state index in [0.29, 0.717) is 12.4 Å². The van der Waals surface area contributed by atoms with Crippen LogP contribution in [0.25, 0.3) is 0 Å². The van der Waals surface area contributed by atoms with E-state index < -0.39 is 5.41 Å². The fraction of sp³-hybridized carbons (Fsp3) is 0.316. The Morgan fingerprint density at radius 2 is 1.75 bits per heavy atom. The summed E-state index contributed by atoms with van der Waals surface area (Å²) in [5.74, 6) is 0.519. The number of thioether (sulfide) groups is 1. The monoisotopic (exact) mass is 346 g/mol. The fourth-order valence-corrected chi connectivity index (χ4v) is 2.86. The van der Waals surface area contributed by atoms with Gasteiger partial charge in [-0.05, 0) is 43.7 Å². The number of esters is 1. The number of carbonyl (C=O) groups is 1. The van der Waals surface area contributed by atoms with E-state index in [9.17, 15) is 9.90 Å². The summed E-state index contributed by atoms with van der Waals surface area (Å²) in [6.07, 6.45) is 0. The molecule has 2 aromatic carbocycles. The third-order valence-electron chi connectivity index (χ3n) is 3.37. The summed E-state index contributed by atoms with van der Waals surface area (Å²) in [4.78, 5) is 13.2. The van der Waals surface area contributed by atoms with E-state index in [0.717, 1.165) is 10.5 Å². The molecule has 0 bridgehead atoms. The van der Waals surface area contributed by atoms with Gasteiger partial charge in [-0.15, -0.1) is 11.8 Å². The highest BCUT2D eigenvalue weighted by molar-refractivity contribution is 7.99. The lowest BCUT2D eigenvalue weighted by molar-refractivity contribution is -0.166. The average Bonchev–Trinajstić information content (AvgIpc) is 2.59. The van der Waals surface area contributed by atoms with Crippen LogP contribution in [0.2, 0.25) is 0 Å². The van der Waals surface area contributed by atoms with Crippen molar-refractivity contribution in [1.29, 1.82) is 0 Å². The third kappa shape index (κ3) is 5.91. The number of hydrogen-bond acceptors (Lipinski definition) is 5. The van der Waals surface area contributed by atoms with Crippen molar-refractivity contribution in [1.82, 2.24) is 0 Å². The molecule has 0 saturated carbocycles. The van der Waals surface area contributed by atoms with E-state index in [1.807, 2.05) is 56.3 Å². The Morgan fingerprint density at radius 3 is 2.42 bits per heavy atom. The van der Waals surface area contributed by atoms with E-state index in [2.05, 4.69) is 0 Å². The van der Waals surface area contributed by atoms with Crippen molar-refractivity contribution >= 4 is 17.7 Å². The molecule has 0 atom stereocenters. The highest BCUT2D eigenvalue weighted by Gasteiger charge is 2.29. The minimum atomic E-state index is -0.626. The van der Waals surface area contributed by atoms with Gasteiger partial charge in [-0.2, -0.15) is 0 Å². The van der Waals surface area contributed by atoms with Crippen LogP contribution in [0, 0.1) is 5.41 Å². The van der Waals surface area contributed by atoms with Crippen LogP contribution in [0.15, 0.2) is 59.5 Å². The Balaban J connectivity index is 1.72. The lowest BCUT2D eigenvalue weighted by Crippen LogP contribution is -2.29. The van der Waals surface area contributed by atoms with Gasteiger partial charge in [-0.25, -0.2) is 0 Å². The van der Waals surface area contributed by atoms with Crippen molar-refractivity contribution in [3.8, 4) is 5.75 Å². The summed E-state index contributed by atoms with van der Waals surface area (Å²) in [7, 11) is 0. The molecule has 0 aromatic heterocycles. The van der Waals surface area contributed by atoms with Crippen LogP contribution in [0.3, 0.4) is 0 Å². The second-order valence-electron chi connectivity index (χ2n) is 6.05. The summed E-state index contributed by atoms with van der Waals surface area (Å²) < 4.78 is 10.6. The molecule has 2 aromatic rings. The van der Waals surface area contributed by atoms with Crippen LogP contribution in [-0.4, -0.2) is 23.6 Å². The molecule has 2 rings (SSSR count). The Labute approximate surface area is 146 Å². The van der Waals surface area contributed by atoms with Crippen molar-refractivity contribution in [3.05, 3.63) is 60.2 Å². The Hall–Kier alpha value is -1.98. The van der Waals surface area contributed by atoms with E-state index in [4.69, 9.17) is 9.47 Å². The zero-order chi connectivity index (χ0) is 17.4. The van der Waals surface area contributed by atoms with Crippen LogP contribution in [0.5, 0.6) is 5.75 Å². The van der Waals surface area contributed by atoms with Crippen LogP contribution in [0.1, 0.15) is 19.4 Å². The predicted octanol–water partition coefficient (Wildman–Crippen LogP) is 4.23. The average molecular weight is 346 g/mol. The Morgan fingerprint density at radius 1 is 1.08 bits per heavy atom. The van der Waals surface area contributed by atoms with Gasteiger partial charge in [-0.1, -0.05) is 30.3 Å². The zero-order valence-corrected chi connectivity index (χ0v) is 14.7. The van der Waals surface area contributed by atoms with Crippen molar-refractivity contribution in [2.75, 3.05) is 12.5 Å². The second kappa shape index (κ2) is 8.76. The topological polar surface area (TPSA) is 55.8 Å². The molecule has 0 saturated heterocycles. The Bertz CT molecular complexity index is 638. The summed E-state index contributed by atoms with van der Waals surface area (Å²) in [5, 5.41) is 9.28. The largest absolute Gasteiger partial charge is 0.508 e. The third-order valence-corrected chi connectivity index (χ3v) is 4.85. The van der Waals surface area contributed by atoms with Gasteiger partial charge < -0.3 is 14.6 Å². The SMILES string of the molecule is CC(C)(CSc1ccc(O)cc1)C(=O)OCOCc1ccccc1. The van der Waals surface area contributed by atoms with Gasteiger partial charge in [0.1, 0.15) is 5.75 Å². The molecule has 0 unspecified atom stereocenters. The van der Waals surface area contributed by atoms with Crippen LogP contribution in [-0.2, 0) is 20.9 Å². The minimum absolute atomic E-state index is 0.0545. The highest BCUT2D eigenvalue weighted by atomic mass is 32.2. The molecule has 24 heavy (non-hydrogen) atoms. The number of phenols is 1. The predicted molar refractivity (Wildman–Crippen MR) is 94.8 cm³/mol. The number of phenolic OH excluding ortho intramolecular Hbond substituents is 1. The highest BCUT2D eigenvalue weighted by Crippen LogP contribution is 2.29. The smallest absolute Gasteiger partial charge is 0.314 e. The zero-order valence-electron chi connectivity index (χ0n) is 13.9. The van der Waals surface area contributed by atoms with Gasteiger partial charge >= 0.3 is 5.97 Å². The normalized spacial score (nSPS) is 11.2. The number of ether oxygens (including phenoxy) is 2. The number of aromatic hydroxyl groups is 1. The lowest BCUT2D eigenvalue weighted by Gasteiger charge is -2.22. The summed E-state index contributed by atoms with van der Waals surface area (Å²) in [6, 6.07) is 16.6.